The molecule has 18 heavy (non-hydrogen) atoms. The molecule has 0 aromatic heterocycles. The van der Waals surface area contributed by atoms with E-state index in [0.29, 0.717) is 17.8 Å². The van der Waals surface area contributed by atoms with Gasteiger partial charge in [-0.1, -0.05) is 20.8 Å². The second-order valence-corrected chi connectivity index (χ2v) is 6.07. The van der Waals surface area contributed by atoms with E-state index in [1.54, 1.807) is 0 Å². The summed E-state index contributed by atoms with van der Waals surface area (Å²) in [6, 6.07) is -0.0368. The highest BCUT2D eigenvalue weighted by molar-refractivity contribution is 5.81. The Morgan fingerprint density at radius 1 is 1.44 bits per heavy atom. The van der Waals surface area contributed by atoms with Crippen LogP contribution in [0, 0.1) is 17.8 Å². The zero-order valence-electron chi connectivity index (χ0n) is 12.3. The first kappa shape index (κ1) is 15.4. The maximum atomic E-state index is 12.0. The Balaban J connectivity index is 2.46. The average Bonchev–Trinajstić information content (AvgIpc) is 2.35. The first-order valence-electron chi connectivity index (χ1n) is 7.17. The van der Waals surface area contributed by atoms with Crippen molar-refractivity contribution in [2.45, 2.75) is 40.2 Å². The van der Waals surface area contributed by atoms with Crippen molar-refractivity contribution in [3.05, 3.63) is 0 Å². The predicted octanol–water partition coefficient (Wildman–Crippen LogP) is 1.06. The molecule has 0 aliphatic carbocycles. The lowest BCUT2D eigenvalue weighted by molar-refractivity contribution is -0.127. The van der Waals surface area contributed by atoms with Crippen molar-refractivity contribution in [1.82, 2.24) is 10.2 Å². The molecule has 0 radical (unpaired) electrons. The van der Waals surface area contributed by atoms with Crippen LogP contribution >= 0.6 is 0 Å². The minimum atomic E-state index is -0.0368. The number of nitrogens with zero attached hydrogens (tertiary/aromatic N) is 1. The fraction of sp³-hybridized carbons (Fsp3) is 0.929. The van der Waals surface area contributed by atoms with Crippen molar-refractivity contribution in [3.63, 3.8) is 0 Å². The van der Waals surface area contributed by atoms with E-state index < -0.39 is 0 Å². The molecule has 3 unspecified atom stereocenters. The topological polar surface area (TPSA) is 58.4 Å². The standard InChI is InChI=1S/C14H29N3O/c1-10(2)8-16-14(18)12(4)17-6-5-11(3)13(7-15)9-17/h10-13H,5-9,15H2,1-4H3,(H,16,18). The van der Waals surface area contributed by atoms with E-state index in [2.05, 4.69) is 31.0 Å². The summed E-state index contributed by atoms with van der Waals surface area (Å²) in [5, 5.41) is 3.01. The van der Waals surface area contributed by atoms with Crippen LogP contribution in [0.5, 0.6) is 0 Å². The maximum absolute atomic E-state index is 12.0. The first-order valence-corrected chi connectivity index (χ1v) is 7.17. The molecule has 0 aromatic carbocycles. The second-order valence-electron chi connectivity index (χ2n) is 6.07. The molecule has 0 bridgehead atoms. The van der Waals surface area contributed by atoms with E-state index >= 15 is 0 Å². The van der Waals surface area contributed by atoms with Crippen molar-refractivity contribution in [2.75, 3.05) is 26.2 Å². The van der Waals surface area contributed by atoms with Crippen LogP contribution in [-0.4, -0.2) is 43.0 Å². The number of carbonyl (C=O) groups is 1. The van der Waals surface area contributed by atoms with Crippen LogP contribution in [0.2, 0.25) is 0 Å². The Morgan fingerprint density at radius 3 is 2.67 bits per heavy atom. The highest BCUT2D eigenvalue weighted by Gasteiger charge is 2.30. The van der Waals surface area contributed by atoms with Gasteiger partial charge in [-0.15, -0.1) is 0 Å². The van der Waals surface area contributed by atoms with Crippen molar-refractivity contribution < 1.29 is 4.79 Å². The van der Waals surface area contributed by atoms with Crippen molar-refractivity contribution >= 4 is 5.91 Å². The Hall–Kier alpha value is -0.610. The summed E-state index contributed by atoms with van der Waals surface area (Å²) >= 11 is 0. The summed E-state index contributed by atoms with van der Waals surface area (Å²) in [5.74, 6) is 1.85. The van der Waals surface area contributed by atoms with Gasteiger partial charge in [-0.05, 0) is 44.2 Å². The zero-order chi connectivity index (χ0) is 13.7. The third-order valence-electron chi connectivity index (χ3n) is 4.06. The minimum Gasteiger partial charge on any atom is -0.354 e. The molecule has 1 aliphatic rings. The van der Waals surface area contributed by atoms with Crippen molar-refractivity contribution in [3.8, 4) is 0 Å². The lowest BCUT2D eigenvalue weighted by atomic mass is 9.86. The van der Waals surface area contributed by atoms with E-state index in [4.69, 9.17) is 5.73 Å². The van der Waals surface area contributed by atoms with E-state index in [0.717, 1.165) is 32.6 Å². The molecule has 4 heteroatoms. The highest BCUT2D eigenvalue weighted by atomic mass is 16.2. The molecule has 1 heterocycles. The SMILES string of the molecule is CC(C)CNC(=O)C(C)N1CCC(C)C(CN)C1. The molecule has 3 atom stereocenters. The van der Waals surface area contributed by atoms with E-state index in [9.17, 15) is 4.79 Å². The number of piperidine rings is 1. The van der Waals surface area contributed by atoms with Crippen molar-refractivity contribution in [2.24, 2.45) is 23.5 Å². The van der Waals surface area contributed by atoms with Crippen LogP contribution in [0.4, 0.5) is 0 Å². The molecule has 1 fully saturated rings. The summed E-state index contributed by atoms with van der Waals surface area (Å²) in [7, 11) is 0. The summed E-state index contributed by atoms with van der Waals surface area (Å²) in [4.78, 5) is 14.3. The molecular formula is C14H29N3O. The van der Waals surface area contributed by atoms with Gasteiger partial charge in [-0.3, -0.25) is 9.69 Å². The van der Waals surface area contributed by atoms with E-state index in [-0.39, 0.29) is 11.9 Å². The normalized spacial score (nSPS) is 27.2. The molecule has 106 valence electrons. The molecule has 0 aromatic rings. The van der Waals surface area contributed by atoms with Crippen LogP contribution in [0.15, 0.2) is 0 Å². The molecule has 0 saturated carbocycles. The van der Waals surface area contributed by atoms with Gasteiger partial charge in [0.2, 0.25) is 5.91 Å². The number of carbonyl (C=O) groups excluding carboxylic acids is 1. The van der Waals surface area contributed by atoms with Gasteiger partial charge in [0.15, 0.2) is 0 Å². The highest BCUT2D eigenvalue weighted by Crippen LogP contribution is 2.23. The minimum absolute atomic E-state index is 0.0368. The lowest BCUT2D eigenvalue weighted by Crippen LogP contribution is -2.52. The quantitative estimate of drug-likeness (QED) is 0.772. The van der Waals surface area contributed by atoms with Gasteiger partial charge < -0.3 is 11.1 Å². The fourth-order valence-electron chi connectivity index (χ4n) is 2.45. The number of nitrogens with two attached hydrogens (primary N) is 1. The lowest BCUT2D eigenvalue weighted by Gasteiger charge is -2.39. The molecular weight excluding hydrogens is 226 g/mol. The molecule has 1 aliphatic heterocycles. The van der Waals surface area contributed by atoms with Gasteiger partial charge in [0.25, 0.3) is 0 Å². The van der Waals surface area contributed by atoms with Gasteiger partial charge in [0.05, 0.1) is 6.04 Å². The number of likely N-dealkylation sites (tertiary alicyclic amines) is 1. The van der Waals surface area contributed by atoms with Crippen LogP contribution in [0.3, 0.4) is 0 Å². The van der Waals surface area contributed by atoms with E-state index in [1.165, 1.54) is 0 Å². The maximum Gasteiger partial charge on any atom is 0.237 e. The van der Waals surface area contributed by atoms with Crippen LogP contribution in [0.25, 0.3) is 0 Å². The number of hydrogen-bond acceptors (Lipinski definition) is 3. The second kappa shape index (κ2) is 7.10. The molecule has 1 rings (SSSR count). The molecule has 4 nitrogen and oxygen atoms in total. The Labute approximate surface area is 111 Å². The van der Waals surface area contributed by atoms with Gasteiger partial charge in [0, 0.05) is 13.1 Å². The van der Waals surface area contributed by atoms with Crippen LogP contribution in [0.1, 0.15) is 34.1 Å². The first-order chi connectivity index (χ1) is 8.45. The Kier molecular flexibility index (Phi) is 6.09. The van der Waals surface area contributed by atoms with Crippen LogP contribution < -0.4 is 11.1 Å². The Morgan fingerprint density at radius 2 is 2.11 bits per heavy atom. The molecule has 1 saturated heterocycles. The monoisotopic (exact) mass is 255 g/mol. The van der Waals surface area contributed by atoms with Crippen molar-refractivity contribution in [1.29, 1.82) is 0 Å². The summed E-state index contributed by atoms with van der Waals surface area (Å²) in [6.45, 7) is 11.9. The van der Waals surface area contributed by atoms with Gasteiger partial charge in [0.1, 0.15) is 0 Å². The van der Waals surface area contributed by atoms with Gasteiger partial charge in [-0.2, -0.15) is 0 Å². The number of rotatable bonds is 5. The predicted molar refractivity (Wildman–Crippen MR) is 75.2 cm³/mol. The Bertz CT molecular complexity index is 268. The van der Waals surface area contributed by atoms with Crippen LogP contribution in [-0.2, 0) is 4.79 Å². The summed E-state index contributed by atoms with van der Waals surface area (Å²) < 4.78 is 0. The molecule has 0 spiro atoms. The smallest absolute Gasteiger partial charge is 0.237 e. The molecule has 3 N–H and O–H groups in total. The number of nitrogens with one attached hydrogen (secondary N) is 1. The van der Waals surface area contributed by atoms with Gasteiger partial charge >= 0.3 is 0 Å². The van der Waals surface area contributed by atoms with E-state index in [1.807, 2.05) is 6.92 Å². The zero-order valence-corrected chi connectivity index (χ0v) is 12.3. The van der Waals surface area contributed by atoms with Gasteiger partial charge in [-0.25, -0.2) is 0 Å². The number of hydrogen-bond donors (Lipinski definition) is 2. The summed E-state index contributed by atoms with van der Waals surface area (Å²) in [5.41, 5.74) is 5.80. The third kappa shape index (κ3) is 4.25. The third-order valence-corrected chi connectivity index (χ3v) is 4.06. The average molecular weight is 255 g/mol. The largest absolute Gasteiger partial charge is 0.354 e. The molecule has 1 amide bonds. The summed E-state index contributed by atoms with van der Waals surface area (Å²) in [6.07, 6.45) is 1.14. The fourth-order valence-corrected chi connectivity index (χ4v) is 2.45. The number of amides is 1.